The number of amides is 1. The molecule has 0 aliphatic carbocycles. The van der Waals surface area contributed by atoms with Gasteiger partial charge in [-0.25, -0.2) is 8.42 Å². The van der Waals surface area contributed by atoms with Gasteiger partial charge in [0, 0.05) is 44.0 Å². The highest BCUT2D eigenvalue weighted by atomic mass is 35.5. The van der Waals surface area contributed by atoms with Crippen LogP contribution in [0.4, 0.5) is 0 Å². The third-order valence-electron chi connectivity index (χ3n) is 4.98. The maximum Gasteiger partial charge on any atom is 0.306 e. The molecule has 1 saturated heterocycles. The minimum Gasteiger partial charge on any atom is -0.460 e. The van der Waals surface area contributed by atoms with Crippen LogP contribution in [0.1, 0.15) is 46.5 Å². The highest BCUT2D eigenvalue weighted by Crippen LogP contribution is 2.30. The highest BCUT2D eigenvalue weighted by molar-refractivity contribution is 7.89. The van der Waals surface area contributed by atoms with Crippen molar-refractivity contribution >= 4 is 45.1 Å². The number of nitrogens with zero attached hydrogens (tertiary/aromatic N) is 2. The molecule has 174 valence electrons. The van der Waals surface area contributed by atoms with Crippen LogP contribution in [0.25, 0.3) is 0 Å². The lowest BCUT2D eigenvalue weighted by Gasteiger charge is -2.32. The first kappa shape index (κ1) is 25.9. The summed E-state index contributed by atoms with van der Waals surface area (Å²) in [6.07, 6.45) is 1.60. The van der Waals surface area contributed by atoms with Crippen LogP contribution in [0.15, 0.2) is 23.1 Å². The maximum atomic E-state index is 12.9. The van der Waals surface area contributed by atoms with Gasteiger partial charge in [-0.15, -0.1) is 0 Å². The number of sulfonamides is 1. The maximum absolute atomic E-state index is 12.9. The largest absolute Gasteiger partial charge is 0.460 e. The molecule has 1 aromatic rings. The van der Waals surface area contributed by atoms with E-state index in [2.05, 4.69) is 0 Å². The standard InChI is InChI=1S/C21H30Cl2N2O5S/c1-21(2,3)30-19(26)6-5-11-24(4)20(27)15-9-12-25(13-10-15)31(28,29)18-14-16(22)7-8-17(18)23/h7-8,14-15H,5-6,9-13H2,1-4H3. The van der Waals surface area contributed by atoms with E-state index in [1.807, 2.05) is 20.8 Å². The van der Waals surface area contributed by atoms with Gasteiger partial charge in [-0.3, -0.25) is 9.59 Å². The summed E-state index contributed by atoms with van der Waals surface area (Å²) >= 11 is 12.0. The Kier molecular flexibility index (Phi) is 8.78. The van der Waals surface area contributed by atoms with Crippen LogP contribution in [0.5, 0.6) is 0 Å². The number of halogens is 2. The Morgan fingerprint density at radius 1 is 1.19 bits per heavy atom. The molecule has 0 N–H and O–H groups in total. The SMILES string of the molecule is CN(CCCC(=O)OC(C)(C)C)C(=O)C1CCN(S(=O)(=O)c2cc(Cl)ccc2Cl)CC1. The number of hydrogen-bond acceptors (Lipinski definition) is 5. The molecule has 0 bridgehead atoms. The quantitative estimate of drug-likeness (QED) is 0.537. The van der Waals surface area contributed by atoms with E-state index in [9.17, 15) is 18.0 Å². The van der Waals surface area contributed by atoms with E-state index in [0.29, 0.717) is 30.8 Å². The number of carbonyl (C=O) groups is 2. The molecule has 0 unspecified atom stereocenters. The fourth-order valence-corrected chi connectivity index (χ4v) is 5.64. The van der Waals surface area contributed by atoms with Gasteiger partial charge < -0.3 is 9.64 Å². The fourth-order valence-electron chi connectivity index (χ4n) is 3.43. The summed E-state index contributed by atoms with van der Waals surface area (Å²) in [5, 5.41) is 0.411. The second-order valence-corrected chi connectivity index (χ2v) is 11.5. The predicted molar refractivity (Wildman–Crippen MR) is 121 cm³/mol. The molecule has 0 aromatic heterocycles. The van der Waals surface area contributed by atoms with E-state index >= 15 is 0 Å². The van der Waals surface area contributed by atoms with Gasteiger partial charge in [0.2, 0.25) is 15.9 Å². The minimum atomic E-state index is -3.78. The van der Waals surface area contributed by atoms with Crippen molar-refractivity contribution in [1.82, 2.24) is 9.21 Å². The second-order valence-electron chi connectivity index (χ2n) is 8.70. The molecule has 7 nitrogen and oxygen atoms in total. The molecule has 31 heavy (non-hydrogen) atoms. The summed E-state index contributed by atoms with van der Waals surface area (Å²) in [7, 11) is -2.08. The van der Waals surface area contributed by atoms with E-state index in [-0.39, 0.29) is 47.2 Å². The summed E-state index contributed by atoms with van der Waals surface area (Å²) in [5.41, 5.74) is -0.525. The van der Waals surface area contributed by atoms with Crippen molar-refractivity contribution in [3.05, 3.63) is 28.2 Å². The Morgan fingerprint density at radius 2 is 1.81 bits per heavy atom. The lowest BCUT2D eigenvalue weighted by atomic mass is 9.96. The first-order valence-electron chi connectivity index (χ1n) is 10.2. The van der Waals surface area contributed by atoms with Crippen LogP contribution in [-0.4, -0.2) is 61.8 Å². The summed E-state index contributed by atoms with van der Waals surface area (Å²) in [6.45, 7) is 6.34. The van der Waals surface area contributed by atoms with Crippen molar-refractivity contribution in [3.8, 4) is 0 Å². The molecule has 0 radical (unpaired) electrons. The monoisotopic (exact) mass is 492 g/mol. The number of esters is 1. The molecule has 0 saturated carbocycles. The average Bonchev–Trinajstić information content (AvgIpc) is 2.67. The average molecular weight is 493 g/mol. The Balaban J connectivity index is 1.87. The molecule has 2 rings (SSSR count). The molecular weight excluding hydrogens is 463 g/mol. The van der Waals surface area contributed by atoms with Crippen LogP contribution in [0.3, 0.4) is 0 Å². The lowest BCUT2D eigenvalue weighted by Crippen LogP contribution is -2.43. The number of rotatable bonds is 7. The Labute approximate surface area is 194 Å². The normalized spacial score (nSPS) is 16.2. The second kappa shape index (κ2) is 10.5. The molecule has 1 aromatic carbocycles. The lowest BCUT2D eigenvalue weighted by molar-refractivity contribution is -0.155. The molecular formula is C21H30Cl2N2O5S. The van der Waals surface area contributed by atoms with Crippen LogP contribution >= 0.6 is 23.2 Å². The number of carbonyl (C=O) groups excluding carboxylic acids is 2. The smallest absolute Gasteiger partial charge is 0.306 e. The van der Waals surface area contributed by atoms with Gasteiger partial charge in [0.25, 0.3) is 0 Å². The minimum absolute atomic E-state index is 0.0225. The third-order valence-corrected chi connectivity index (χ3v) is 7.60. The van der Waals surface area contributed by atoms with E-state index in [1.54, 1.807) is 11.9 Å². The van der Waals surface area contributed by atoms with Gasteiger partial charge in [-0.2, -0.15) is 4.31 Å². The highest BCUT2D eigenvalue weighted by Gasteiger charge is 2.34. The van der Waals surface area contributed by atoms with Gasteiger partial charge in [0.15, 0.2) is 0 Å². The predicted octanol–water partition coefficient (Wildman–Crippen LogP) is 3.97. The number of benzene rings is 1. The molecule has 1 aliphatic heterocycles. The van der Waals surface area contributed by atoms with Crippen molar-refractivity contribution in [1.29, 1.82) is 0 Å². The summed E-state index contributed by atoms with van der Waals surface area (Å²) in [4.78, 5) is 26.1. The van der Waals surface area contributed by atoms with Crippen molar-refractivity contribution in [2.24, 2.45) is 5.92 Å². The first-order valence-corrected chi connectivity index (χ1v) is 12.4. The van der Waals surface area contributed by atoms with E-state index < -0.39 is 15.6 Å². The summed E-state index contributed by atoms with van der Waals surface area (Å²) < 4.78 is 32.5. The molecule has 10 heteroatoms. The molecule has 1 heterocycles. The third kappa shape index (κ3) is 7.34. The topological polar surface area (TPSA) is 84.0 Å². The molecule has 1 aliphatic rings. The molecule has 0 spiro atoms. The first-order chi connectivity index (χ1) is 14.3. The summed E-state index contributed by atoms with van der Waals surface area (Å²) in [5.74, 6) is -0.582. The summed E-state index contributed by atoms with van der Waals surface area (Å²) in [6, 6.07) is 4.33. The van der Waals surface area contributed by atoms with E-state index in [1.165, 1.54) is 22.5 Å². The van der Waals surface area contributed by atoms with Crippen LogP contribution in [0.2, 0.25) is 10.0 Å². The molecule has 0 atom stereocenters. The van der Waals surface area contributed by atoms with Crippen molar-refractivity contribution in [2.75, 3.05) is 26.7 Å². The van der Waals surface area contributed by atoms with Crippen LogP contribution < -0.4 is 0 Å². The fraction of sp³-hybridized carbons (Fsp3) is 0.619. The Hall–Kier alpha value is -1.35. The van der Waals surface area contributed by atoms with E-state index in [4.69, 9.17) is 27.9 Å². The van der Waals surface area contributed by atoms with Crippen molar-refractivity contribution in [3.63, 3.8) is 0 Å². The van der Waals surface area contributed by atoms with Crippen LogP contribution in [0, 0.1) is 5.92 Å². The van der Waals surface area contributed by atoms with Crippen molar-refractivity contribution < 1.29 is 22.7 Å². The Bertz CT molecular complexity index is 907. The molecule has 1 amide bonds. The number of piperidine rings is 1. The van der Waals surface area contributed by atoms with Crippen LogP contribution in [-0.2, 0) is 24.3 Å². The number of ether oxygens (including phenoxy) is 1. The van der Waals surface area contributed by atoms with Gasteiger partial charge in [-0.1, -0.05) is 23.2 Å². The number of hydrogen-bond donors (Lipinski definition) is 0. The van der Waals surface area contributed by atoms with Crippen molar-refractivity contribution in [2.45, 2.75) is 57.0 Å². The van der Waals surface area contributed by atoms with Gasteiger partial charge in [0.1, 0.15) is 10.5 Å². The van der Waals surface area contributed by atoms with Gasteiger partial charge >= 0.3 is 5.97 Å². The Morgan fingerprint density at radius 3 is 2.39 bits per heavy atom. The van der Waals surface area contributed by atoms with Gasteiger partial charge in [-0.05, 0) is 58.2 Å². The zero-order chi connectivity index (χ0) is 23.4. The zero-order valence-electron chi connectivity index (χ0n) is 18.4. The van der Waals surface area contributed by atoms with Gasteiger partial charge in [0.05, 0.1) is 5.02 Å². The molecule has 1 fully saturated rings. The zero-order valence-corrected chi connectivity index (χ0v) is 20.7. The van der Waals surface area contributed by atoms with E-state index in [0.717, 1.165) is 0 Å².